The van der Waals surface area contributed by atoms with Crippen LogP contribution in [-0.4, -0.2) is 71.8 Å². The van der Waals surface area contributed by atoms with Gasteiger partial charge >= 0.3 is 0 Å². The highest BCUT2D eigenvalue weighted by Crippen LogP contribution is 2.25. The molecule has 1 aliphatic heterocycles. The van der Waals surface area contributed by atoms with E-state index < -0.39 is 0 Å². The highest BCUT2D eigenvalue weighted by Gasteiger charge is 2.20. The molecular weight excluding hydrogens is 444 g/mol. The Morgan fingerprint density at radius 3 is 2.63 bits per heavy atom. The molecule has 0 unspecified atom stereocenters. The van der Waals surface area contributed by atoms with E-state index in [4.69, 9.17) is 10.5 Å². The number of benzene rings is 1. The molecule has 0 radical (unpaired) electrons. The van der Waals surface area contributed by atoms with Crippen molar-refractivity contribution >= 4 is 23.0 Å². The first-order chi connectivity index (χ1) is 17.1. The number of hydrogen-bond donors (Lipinski definition) is 2. The third-order valence-electron chi connectivity index (χ3n) is 6.04. The molecule has 1 saturated heterocycles. The number of aliphatic hydroxyl groups is 1. The van der Waals surface area contributed by atoms with Gasteiger partial charge in [0.15, 0.2) is 11.6 Å². The zero-order chi connectivity index (χ0) is 24.6. The van der Waals surface area contributed by atoms with Gasteiger partial charge in [-0.15, -0.1) is 0 Å². The molecule has 9 nitrogen and oxygen atoms in total. The molecule has 0 amide bonds. The van der Waals surface area contributed by atoms with E-state index in [0.29, 0.717) is 25.5 Å². The van der Waals surface area contributed by atoms with E-state index in [9.17, 15) is 9.90 Å². The molecule has 9 heteroatoms. The van der Waals surface area contributed by atoms with Crippen LogP contribution in [0.25, 0.3) is 11.3 Å². The van der Waals surface area contributed by atoms with E-state index in [1.165, 1.54) is 0 Å². The van der Waals surface area contributed by atoms with Gasteiger partial charge in [-0.25, -0.2) is 9.97 Å². The van der Waals surface area contributed by atoms with Crippen molar-refractivity contribution in [2.24, 2.45) is 0 Å². The number of morpholine rings is 1. The van der Waals surface area contributed by atoms with E-state index in [-0.39, 0.29) is 30.3 Å². The fourth-order valence-electron chi connectivity index (χ4n) is 4.27. The van der Waals surface area contributed by atoms with Crippen LogP contribution in [0.1, 0.15) is 29.4 Å². The van der Waals surface area contributed by atoms with Gasteiger partial charge in [-0.1, -0.05) is 19.1 Å². The van der Waals surface area contributed by atoms with Gasteiger partial charge in [-0.2, -0.15) is 0 Å². The number of ether oxygens (including phenoxy) is 1. The Morgan fingerprint density at radius 2 is 1.91 bits per heavy atom. The molecule has 4 rings (SSSR count). The summed E-state index contributed by atoms with van der Waals surface area (Å²) in [5, 5.41) is 9.35. The molecule has 35 heavy (non-hydrogen) atoms. The van der Waals surface area contributed by atoms with Crippen LogP contribution in [0.5, 0.6) is 0 Å². The fourth-order valence-corrected chi connectivity index (χ4v) is 4.27. The molecule has 0 bridgehead atoms. The molecule has 184 valence electrons. The summed E-state index contributed by atoms with van der Waals surface area (Å²) in [7, 11) is 0. The number of anilines is 3. The van der Waals surface area contributed by atoms with E-state index in [0.717, 1.165) is 48.6 Å². The van der Waals surface area contributed by atoms with Crippen LogP contribution in [0.3, 0.4) is 0 Å². The number of carbonyl (C=O) groups excluding carboxylic acids is 1. The van der Waals surface area contributed by atoms with E-state index in [1.54, 1.807) is 18.6 Å². The Kier molecular flexibility index (Phi) is 8.23. The largest absolute Gasteiger partial charge is 0.395 e. The van der Waals surface area contributed by atoms with Crippen LogP contribution in [-0.2, 0) is 11.2 Å². The number of carbonyl (C=O) groups is 1. The molecule has 3 N–H and O–H groups in total. The van der Waals surface area contributed by atoms with Crippen LogP contribution in [0, 0.1) is 0 Å². The number of nitrogen functional groups attached to an aromatic ring is 1. The second-order valence-electron chi connectivity index (χ2n) is 8.45. The smallest absolute Gasteiger partial charge is 0.189 e. The minimum absolute atomic E-state index is 0.0981. The number of aliphatic hydroxyl groups excluding tert-OH is 1. The zero-order valence-electron chi connectivity index (χ0n) is 20.1. The molecule has 3 heterocycles. The predicted molar refractivity (Wildman–Crippen MR) is 137 cm³/mol. The van der Waals surface area contributed by atoms with Crippen molar-refractivity contribution < 1.29 is 14.6 Å². The normalized spacial score (nSPS) is 13.6. The Hall–Kier alpha value is -3.56. The number of ketones is 1. The first kappa shape index (κ1) is 24.6. The van der Waals surface area contributed by atoms with Gasteiger partial charge in [0, 0.05) is 67.5 Å². The van der Waals surface area contributed by atoms with Crippen LogP contribution >= 0.6 is 0 Å². The summed E-state index contributed by atoms with van der Waals surface area (Å²) in [4.78, 5) is 30.7. The number of Topliss-reactive ketones (excluding diaryl/α,β-unsaturated/α-hetero) is 1. The van der Waals surface area contributed by atoms with Crippen LogP contribution < -0.4 is 15.5 Å². The van der Waals surface area contributed by atoms with Gasteiger partial charge in [0.1, 0.15) is 5.69 Å². The topological polar surface area (TPSA) is 118 Å². The molecule has 0 saturated carbocycles. The molecule has 0 atom stereocenters. The van der Waals surface area contributed by atoms with Gasteiger partial charge in [-0.05, 0) is 24.6 Å². The first-order valence-electron chi connectivity index (χ1n) is 12.0. The average Bonchev–Trinajstić information content (AvgIpc) is 2.90. The minimum Gasteiger partial charge on any atom is -0.395 e. The fraction of sp³-hybridized carbons (Fsp3) is 0.385. The highest BCUT2D eigenvalue weighted by molar-refractivity contribution is 6.00. The SMILES string of the molecule is CCCN(CCO)c1ccc(-c2cnc(N)c(C(=O)Cc3cnccc3N3CCOCC3)n2)cc1. The van der Waals surface area contributed by atoms with E-state index in [2.05, 4.69) is 31.7 Å². The Balaban J connectivity index is 1.55. The van der Waals surface area contributed by atoms with Crippen molar-refractivity contribution in [3.63, 3.8) is 0 Å². The minimum atomic E-state index is -0.201. The van der Waals surface area contributed by atoms with Crippen LogP contribution in [0.15, 0.2) is 48.9 Å². The number of aromatic nitrogens is 3. The molecule has 1 fully saturated rings. The molecule has 2 aromatic heterocycles. The van der Waals surface area contributed by atoms with Gasteiger partial charge in [-0.3, -0.25) is 9.78 Å². The quantitative estimate of drug-likeness (QED) is 0.426. The Labute approximate surface area is 205 Å². The molecular formula is C26H32N6O3. The molecule has 3 aromatic rings. The lowest BCUT2D eigenvalue weighted by Crippen LogP contribution is -2.37. The number of pyridine rings is 1. The third kappa shape index (κ3) is 5.93. The van der Waals surface area contributed by atoms with Gasteiger partial charge in [0.05, 0.1) is 31.7 Å². The van der Waals surface area contributed by atoms with Crippen molar-refractivity contribution in [3.05, 3.63) is 60.2 Å². The average molecular weight is 477 g/mol. The Morgan fingerprint density at radius 1 is 1.14 bits per heavy atom. The first-order valence-corrected chi connectivity index (χ1v) is 12.0. The number of hydrogen-bond acceptors (Lipinski definition) is 9. The van der Waals surface area contributed by atoms with Gasteiger partial charge in [0.2, 0.25) is 0 Å². The number of rotatable bonds is 10. The summed E-state index contributed by atoms with van der Waals surface area (Å²) in [6.07, 6.45) is 6.17. The van der Waals surface area contributed by atoms with Gasteiger partial charge in [0.25, 0.3) is 0 Å². The summed E-state index contributed by atoms with van der Waals surface area (Å²) < 4.78 is 5.45. The maximum atomic E-state index is 13.3. The number of nitrogens with zero attached hydrogens (tertiary/aromatic N) is 5. The lowest BCUT2D eigenvalue weighted by molar-refractivity contribution is 0.0988. The molecule has 0 aliphatic carbocycles. The van der Waals surface area contributed by atoms with E-state index >= 15 is 0 Å². The van der Waals surface area contributed by atoms with Crippen molar-refractivity contribution in [1.82, 2.24) is 15.0 Å². The predicted octanol–water partition coefficient (Wildman–Crippen LogP) is 2.59. The Bertz CT molecular complexity index is 1130. The van der Waals surface area contributed by atoms with Gasteiger partial charge < -0.3 is 25.4 Å². The van der Waals surface area contributed by atoms with E-state index in [1.807, 2.05) is 30.3 Å². The summed E-state index contributed by atoms with van der Waals surface area (Å²) in [5.41, 5.74) is 10.5. The van der Waals surface area contributed by atoms with Crippen molar-refractivity contribution in [3.8, 4) is 11.3 Å². The van der Waals surface area contributed by atoms with Crippen molar-refractivity contribution in [2.75, 3.05) is 61.5 Å². The molecule has 1 aliphatic rings. The molecule has 0 spiro atoms. The summed E-state index contributed by atoms with van der Waals surface area (Å²) >= 11 is 0. The third-order valence-corrected chi connectivity index (χ3v) is 6.04. The monoisotopic (exact) mass is 476 g/mol. The second kappa shape index (κ2) is 11.7. The second-order valence-corrected chi connectivity index (χ2v) is 8.45. The zero-order valence-corrected chi connectivity index (χ0v) is 20.1. The van der Waals surface area contributed by atoms with Crippen molar-refractivity contribution in [2.45, 2.75) is 19.8 Å². The van der Waals surface area contributed by atoms with Crippen LogP contribution in [0.4, 0.5) is 17.2 Å². The summed E-state index contributed by atoms with van der Waals surface area (Å²) in [5.74, 6) is -0.0858. The lowest BCUT2D eigenvalue weighted by Gasteiger charge is -2.30. The standard InChI is InChI=1S/C26H32N6O3/c1-2-9-31(10-13-33)21-5-3-19(4-6-21)22-18-29-26(27)25(30-22)24(34)16-20-17-28-8-7-23(20)32-11-14-35-15-12-32/h3-8,17-18,33H,2,9-16H2,1H3,(H2,27,29). The van der Waals surface area contributed by atoms with Crippen molar-refractivity contribution in [1.29, 1.82) is 0 Å². The maximum absolute atomic E-state index is 13.3. The molecule has 1 aromatic carbocycles. The van der Waals surface area contributed by atoms with Crippen LogP contribution in [0.2, 0.25) is 0 Å². The lowest BCUT2D eigenvalue weighted by atomic mass is 10.1. The highest BCUT2D eigenvalue weighted by atomic mass is 16.5. The summed E-state index contributed by atoms with van der Waals surface area (Å²) in [6.45, 7) is 6.50. The summed E-state index contributed by atoms with van der Waals surface area (Å²) in [6, 6.07) is 9.80. The number of nitrogens with two attached hydrogens (primary N) is 1. The maximum Gasteiger partial charge on any atom is 0.189 e.